The van der Waals surface area contributed by atoms with Crippen LogP contribution in [0.5, 0.6) is 0 Å². The van der Waals surface area contributed by atoms with E-state index in [-0.39, 0.29) is 69.3 Å². The summed E-state index contributed by atoms with van der Waals surface area (Å²) in [7, 11) is 0. The molecule has 3 aliphatic heterocycles. The highest BCUT2D eigenvalue weighted by atomic mass is 19.1. The first-order valence-electron chi connectivity index (χ1n) is 27.3. The number of halogens is 1. The first-order valence-corrected chi connectivity index (χ1v) is 27.3. The quantitative estimate of drug-likeness (QED) is 0.0735. The summed E-state index contributed by atoms with van der Waals surface area (Å²) in [6.45, 7) is 21.1. The van der Waals surface area contributed by atoms with Crippen molar-refractivity contribution in [3.8, 4) is 0 Å². The van der Waals surface area contributed by atoms with Crippen molar-refractivity contribution in [1.82, 2.24) is 14.7 Å². The molecule has 6 aliphatic rings. The van der Waals surface area contributed by atoms with Gasteiger partial charge in [-0.25, -0.2) is 14.4 Å². The van der Waals surface area contributed by atoms with Crippen LogP contribution in [0.1, 0.15) is 151 Å². The number of hydrogen-bond donors (Lipinski definition) is 3. The fraction of sp³-hybridized carbons (Fsp3) is 0.579. The predicted molar refractivity (Wildman–Crippen MR) is 300 cm³/mol. The highest BCUT2D eigenvalue weighted by Gasteiger charge is 2.52. The van der Waals surface area contributed by atoms with E-state index in [9.17, 15) is 63.5 Å². The van der Waals surface area contributed by atoms with Crippen LogP contribution in [0.2, 0.25) is 0 Å². The largest absolute Gasteiger partial charge is 0.444 e. The molecule has 0 bridgehead atoms. The van der Waals surface area contributed by atoms with Crippen molar-refractivity contribution in [3.05, 3.63) is 107 Å². The van der Waals surface area contributed by atoms with Crippen molar-refractivity contribution < 1.29 is 62.1 Å². The Morgan fingerprint density at radius 1 is 0.537 bits per heavy atom. The van der Waals surface area contributed by atoms with Gasteiger partial charge >= 0.3 is 24.0 Å². The lowest BCUT2D eigenvalue weighted by Gasteiger charge is -2.45. The minimum absolute atomic E-state index is 0.0616. The first-order chi connectivity index (χ1) is 38.2. The van der Waals surface area contributed by atoms with Gasteiger partial charge in [-0.05, 0) is 173 Å². The zero-order valence-electron chi connectivity index (χ0n) is 48.0. The number of amides is 3. The van der Waals surface area contributed by atoms with Gasteiger partial charge in [0.2, 0.25) is 5.82 Å². The third-order valence-electron chi connectivity index (χ3n) is 15.1. The smallest absolute Gasteiger partial charge is 0.410 e. The normalized spacial score (nSPS) is 24.1. The monoisotopic (exact) mass is 1150 g/mol. The summed E-state index contributed by atoms with van der Waals surface area (Å²) in [4.78, 5) is 104. The van der Waals surface area contributed by atoms with Gasteiger partial charge in [0.05, 0.1) is 14.8 Å². The van der Waals surface area contributed by atoms with Gasteiger partial charge in [-0.1, -0.05) is 0 Å². The van der Waals surface area contributed by atoms with Gasteiger partial charge < -0.3 is 45.3 Å². The zero-order valence-corrected chi connectivity index (χ0v) is 48.0. The van der Waals surface area contributed by atoms with E-state index in [0.29, 0.717) is 67.9 Å². The molecule has 6 fully saturated rings. The van der Waals surface area contributed by atoms with Gasteiger partial charge in [-0.15, -0.1) is 0 Å². The van der Waals surface area contributed by atoms with Crippen LogP contribution in [0.3, 0.4) is 0 Å². The van der Waals surface area contributed by atoms with Crippen molar-refractivity contribution >= 4 is 65.6 Å². The Morgan fingerprint density at radius 2 is 0.829 bits per heavy atom. The number of likely N-dealkylation sites (tertiary alicyclic amines) is 3. The number of nitrogens with two attached hydrogens (primary N) is 1. The van der Waals surface area contributed by atoms with Gasteiger partial charge in [-0.3, -0.25) is 44.7 Å². The minimum Gasteiger partial charge on any atom is -0.444 e. The van der Waals surface area contributed by atoms with Crippen LogP contribution in [-0.2, 0) is 14.2 Å². The second kappa shape index (κ2) is 25.1. The summed E-state index contributed by atoms with van der Waals surface area (Å²) in [6, 6.07) is 12.4. The highest BCUT2D eigenvalue weighted by Crippen LogP contribution is 2.52. The van der Waals surface area contributed by atoms with Crippen LogP contribution in [0, 0.1) is 52.4 Å². The molecule has 0 unspecified atom stereocenters. The lowest BCUT2D eigenvalue weighted by atomic mass is 9.65. The molecule has 0 atom stereocenters. The first kappa shape index (κ1) is 63.4. The van der Waals surface area contributed by atoms with E-state index in [1.807, 2.05) is 67.2 Å². The molecule has 82 heavy (non-hydrogen) atoms. The van der Waals surface area contributed by atoms with E-state index in [4.69, 9.17) is 19.9 Å². The SMILES string of the molecule is CC(C)(C)OC(=O)N1CCC2(CC(N)C2)C1.CC(C)(C)OC(=O)N1CCC2(CC(Nc3ccc(C=O)cc3[N+](=O)[O-])C2)C1.CC(C)(C)OC(=O)N1CCC2(CC(Nc3ccc(C=O)cc3[N+](=O)[O-])C2)C1.O=Cc1ccc(F)c([N+](=O)[O-])c1. The van der Waals surface area contributed by atoms with Crippen molar-refractivity contribution in [1.29, 1.82) is 0 Å². The lowest BCUT2D eigenvalue weighted by Crippen LogP contribution is -2.48. The Labute approximate surface area is 475 Å². The Morgan fingerprint density at radius 3 is 1.11 bits per heavy atom. The molecule has 4 N–H and O–H groups in total. The summed E-state index contributed by atoms with van der Waals surface area (Å²) in [5.74, 6) is -0.939. The summed E-state index contributed by atoms with van der Waals surface area (Å²) in [5, 5.41) is 39.1. The molecule has 0 aromatic heterocycles. The predicted octanol–water partition coefficient (Wildman–Crippen LogP) is 10.5. The lowest BCUT2D eigenvalue weighted by molar-refractivity contribution is -0.387. The second-order valence-electron chi connectivity index (χ2n) is 25.5. The number of carbonyl (C=O) groups is 6. The van der Waals surface area contributed by atoms with Crippen LogP contribution in [0.25, 0.3) is 0 Å². The van der Waals surface area contributed by atoms with Crippen molar-refractivity contribution in [2.24, 2.45) is 22.0 Å². The van der Waals surface area contributed by atoms with Crippen molar-refractivity contribution in [2.75, 3.05) is 49.9 Å². The number of nitro benzene ring substituents is 3. The molecular weight excluding hydrogens is 1070 g/mol. The molecule has 446 valence electrons. The fourth-order valence-electron chi connectivity index (χ4n) is 11.5. The number of ether oxygens (including phenoxy) is 3. The number of carbonyl (C=O) groups excluding carboxylic acids is 6. The van der Waals surface area contributed by atoms with E-state index in [0.717, 1.165) is 83.0 Å². The Hall–Kier alpha value is -7.83. The molecule has 3 saturated carbocycles. The van der Waals surface area contributed by atoms with Gasteiger partial charge in [0.1, 0.15) is 47.0 Å². The van der Waals surface area contributed by atoms with Crippen LogP contribution in [-0.4, -0.2) is 141 Å². The number of hydrogen-bond acceptors (Lipinski definition) is 18. The highest BCUT2D eigenvalue weighted by molar-refractivity contribution is 5.80. The van der Waals surface area contributed by atoms with E-state index in [1.165, 1.54) is 18.2 Å². The average molecular weight is 1150 g/mol. The van der Waals surface area contributed by atoms with Gasteiger partial charge in [0.25, 0.3) is 11.4 Å². The third kappa shape index (κ3) is 16.9. The number of nitrogens with zero attached hydrogens (tertiary/aromatic N) is 6. The van der Waals surface area contributed by atoms with E-state index >= 15 is 0 Å². The average Bonchev–Trinajstić information content (AvgIpc) is 4.15. The Kier molecular flexibility index (Phi) is 19.4. The van der Waals surface area contributed by atoms with Gasteiger partial charge in [0, 0.05) is 92.3 Å². The molecule has 3 saturated heterocycles. The minimum atomic E-state index is -0.939. The fourth-order valence-corrected chi connectivity index (χ4v) is 11.5. The zero-order chi connectivity index (χ0) is 60.8. The van der Waals surface area contributed by atoms with E-state index < -0.39 is 43.1 Å². The second-order valence-corrected chi connectivity index (χ2v) is 25.5. The Balaban J connectivity index is 0.000000184. The molecule has 3 spiro atoms. The summed E-state index contributed by atoms with van der Waals surface area (Å²) in [6.07, 6.45) is 9.29. The number of rotatable bonds is 10. The van der Waals surface area contributed by atoms with Crippen molar-refractivity contribution in [2.45, 2.75) is 155 Å². The topological polar surface area (TPSA) is 319 Å². The molecule has 24 nitrogen and oxygen atoms in total. The maximum Gasteiger partial charge on any atom is 0.410 e. The summed E-state index contributed by atoms with van der Waals surface area (Å²) in [5.41, 5.74) is 5.46. The van der Waals surface area contributed by atoms with E-state index in [1.54, 1.807) is 34.1 Å². The molecule has 3 heterocycles. The number of benzene rings is 3. The summed E-state index contributed by atoms with van der Waals surface area (Å²) < 4.78 is 28.8. The number of aldehydes is 3. The maximum atomic E-state index is 12.6. The number of nitro groups is 3. The molecule has 3 aromatic rings. The molecule has 3 aromatic carbocycles. The van der Waals surface area contributed by atoms with Crippen LogP contribution in [0.4, 0.5) is 47.2 Å². The van der Waals surface area contributed by atoms with Crippen molar-refractivity contribution in [3.63, 3.8) is 0 Å². The molecule has 3 amide bonds. The molecule has 3 aliphatic carbocycles. The summed E-state index contributed by atoms with van der Waals surface area (Å²) >= 11 is 0. The molecular formula is C57H76FN9O15. The van der Waals surface area contributed by atoms with Gasteiger partial charge in [-0.2, -0.15) is 4.39 Å². The molecule has 0 radical (unpaired) electrons. The Bertz CT molecular complexity index is 2770. The number of nitrogens with one attached hydrogen (secondary N) is 2. The molecule has 9 rings (SSSR count). The number of anilines is 2. The van der Waals surface area contributed by atoms with Gasteiger partial charge in [0.15, 0.2) is 0 Å². The molecule has 25 heteroatoms. The van der Waals surface area contributed by atoms with E-state index in [2.05, 4.69) is 10.6 Å². The van der Waals surface area contributed by atoms with Crippen LogP contribution >= 0.6 is 0 Å². The third-order valence-corrected chi connectivity index (χ3v) is 15.1. The maximum absolute atomic E-state index is 12.6. The van der Waals surface area contributed by atoms with Crippen LogP contribution < -0.4 is 16.4 Å². The standard InChI is InChI=1S/2C19H25N3O5.C12H22N2O2.C7H4FNO3/c2*1-18(2,3)27-17(24)21-7-6-19(12-21)9-14(10-19)20-15-5-4-13(11-23)8-16(15)22(25)26;1-11(2,3)16-10(15)14-5-4-12(8-14)6-9(13)7-12;8-6-2-1-5(4-10)3-7(6)9(11)12/h2*4-5,8,11,14,20H,6-7,9-10,12H2,1-3H3;9H,4-8,13H2,1-3H3;1-4H. The van der Waals surface area contributed by atoms with Crippen LogP contribution in [0.15, 0.2) is 54.6 Å².